The Morgan fingerprint density at radius 1 is 1.36 bits per heavy atom. The van der Waals surface area contributed by atoms with E-state index in [0.29, 0.717) is 6.42 Å². The van der Waals surface area contributed by atoms with Crippen molar-refractivity contribution in [3.05, 3.63) is 33.9 Å². The molecule has 4 heteroatoms. The Kier molecular flexibility index (Phi) is 2.56. The van der Waals surface area contributed by atoms with E-state index in [0.717, 1.165) is 28.8 Å². The molecule has 0 unspecified atom stereocenters. The average Bonchev–Trinajstić information content (AvgIpc) is 3.07. The highest BCUT2D eigenvalue weighted by Crippen LogP contribution is 2.60. The van der Waals surface area contributed by atoms with E-state index in [1.807, 2.05) is 6.20 Å². The summed E-state index contributed by atoms with van der Waals surface area (Å²) in [7, 11) is 0. The molecule has 0 amide bonds. The summed E-state index contributed by atoms with van der Waals surface area (Å²) in [5, 5.41) is 8.50. The van der Waals surface area contributed by atoms with Gasteiger partial charge in [-0.05, 0) is 63.9 Å². The predicted octanol–water partition coefficient (Wildman–Crippen LogP) is 4.37. The highest BCUT2D eigenvalue weighted by Gasteiger charge is 2.49. The maximum Gasteiger partial charge on any atom is 0.170 e. The summed E-state index contributed by atoms with van der Waals surface area (Å²) in [6.07, 6.45) is 8.63. The molecular weight excluding hydrogens is 340 g/mol. The monoisotopic (exact) mass is 356 g/mol. The van der Waals surface area contributed by atoms with Crippen molar-refractivity contribution in [3.63, 3.8) is 0 Å². The number of fused-ring (bicyclic) bond motifs is 5. The van der Waals surface area contributed by atoms with Gasteiger partial charge < -0.3 is 0 Å². The van der Waals surface area contributed by atoms with Gasteiger partial charge in [0.05, 0.1) is 16.2 Å². The standard InChI is InChI=1S/C18H17BrN2O/c19-17-15(22)5-6-18(7-10-1-2-10)8-12-11(16(17)18)3-4-14-13(12)9-20-21-14/h3-4,9-10H,1-2,5-8H2,(H,20,21)/t18-/m1/s1. The fraction of sp³-hybridized carbons (Fsp3) is 0.444. The molecule has 1 fully saturated rings. The molecule has 1 aromatic heterocycles. The van der Waals surface area contributed by atoms with Crippen molar-refractivity contribution in [3.8, 4) is 0 Å². The van der Waals surface area contributed by atoms with Gasteiger partial charge in [-0.2, -0.15) is 5.10 Å². The smallest absolute Gasteiger partial charge is 0.170 e. The molecule has 1 saturated carbocycles. The van der Waals surface area contributed by atoms with Crippen LogP contribution in [0.2, 0.25) is 0 Å². The highest BCUT2D eigenvalue weighted by molar-refractivity contribution is 9.12. The van der Waals surface area contributed by atoms with Crippen molar-refractivity contribution in [2.45, 2.75) is 38.5 Å². The van der Waals surface area contributed by atoms with Gasteiger partial charge in [0.1, 0.15) is 0 Å². The Morgan fingerprint density at radius 3 is 3.05 bits per heavy atom. The van der Waals surface area contributed by atoms with Gasteiger partial charge in [0.2, 0.25) is 0 Å². The second-order valence-electron chi connectivity index (χ2n) is 7.14. The van der Waals surface area contributed by atoms with E-state index in [2.05, 4.69) is 38.3 Å². The van der Waals surface area contributed by atoms with E-state index in [1.165, 1.54) is 41.3 Å². The first kappa shape index (κ1) is 13.1. The molecular formula is C18H17BrN2O. The number of allylic oxidation sites excluding steroid dienone is 2. The van der Waals surface area contributed by atoms with Crippen molar-refractivity contribution < 1.29 is 4.79 Å². The van der Waals surface area contributed by atoms with Crippen LogP contribution in [0.15, 0.2) is 22.8 Å². The summed E-state index contributed by atoms with van der Waals surface area (Å²) >= 11 is 3.64. The van der Waals surface area contributed by atoms with Crippen molar-refractivity contribution >= 4 is 38.2 Å². The molecule has 0 bridgehead atoms. The minimum absolute atomic E-state index is 0.168. The summed E-state index contributed by atoms with van der Waals surface area (Å²) in [6, 6.07) is 4.28. The third-order valence-electron chi connectivity index (χ3n) is 5.72. The molecule has 0 aliphatic heterocycles. The van der Waals surface area contributed by atoms with E-state index in [9.17, 15) is 4.79 Å². The molecule has 2 aromatic rings. The zero-order valence-electron chi connectivity index (χ0n) is 12.3. The lowest BCUT2D eigenvalue weighted by Crippen LogP contribution is -2.28. The molecule has 3 aliphatic carbocycles. The Balaban J connectivity index is 1.77. The Bertz CT molecular complexity index is 846. The largest absolute Gasteiger partial charge is 0.294 e. The number of carbonyl (C=O) groups excluding carboxylic acids is 1. The van der Waals surface area contributed by atoms with Gasteiger partial charge >= 0.3 is 0 Å². The molecule has 1 atom stereocenters. The zero-order chi connectivity index (χ0) is 14.9. The van der Waals surface area contributed by atoms with Crippen LogP contribution in [0.5, 0.6) is 0 Å². The summed E-state index contributed by atoms with van der Waals surface area (Å²) < 4.78 is 0.834. The third-order valence-corrected chi connectivity index (χ3v) is 6.56. The summed E-state index contributed by atoms with van der Waals surface area (Å²) in [5.41, 5.74) is 5.21. The van der Waals surface area contributed by atoms with E-state index < -0.39 is 0 Å². The van der Waals surface area contributed by atoms with Crippen LogP contribution in [0.25, 0.3) is 16.5 Å². The number of ketones is 1. The summed E-state index contributed by atoms with van der Waals surface area (Å²) in [5.74, 6) is 1.12. The lowest BCUT2D eigenvalue weighted by atomic mass is 9.69. The number of nitrogens with one attached hydrogen (secondary N) is 1. The van der Waals surface area contributed by atoms with Gasteiger partial charge in [-0.15, -0.1) is 0 Å². The molecule has 3 aliphatic rings. The SMILES string of the molecule is O=C1CC[C@@]2(CC3CC3)Cc3c(ccc4[nH]ncc34)C2=C1Br. The van der Waals surface area contributed by atoms with Gasteiger partial charge in [0.25, 0.3) is 0 Å². The van der Waals surface area contributed by atoms with Crippen LogP contribution in [-0.2, 0) is 11.2 Å². The van der Waals surface area contributed by atoms with Crippen molar-refractivity contribution in [1.29, 1.82) is 0 Å². The van der Waals surface area contributed by atoms with E-state index >= 15 is 0 Å². The highest BCUT2D eigenvalue weighted by atomic mass is 79.9. The van der Waals surface area contributed by atoms with Crippen molar-refractivity contribution in [2.24, 2.45) is 11.3 Å². The topological polar surface area (TPSA) is 45.8 Å². The molecule has 22 heavy (non-hydrogen) atoms. The van der Waals surface area contributed by atoms with Crippen LogP contribution in [0.3, 0.4) is 0 Å². The van der Waals surface area contributed by atoms with Gasteiger partial charge in [0.15, 0.2) is 5.78 Å². The number of H-pyrrole nitrogens is 1. The van der Waals surface area contributed by atoms with Gasteiger partial charge in [-0.3, -0.25) is 9.89 Å². The Labute approximate surface area is 137 Å². The molecule has 5 rings (SSSR count). The van der Waals surface area contributed by atoms with Gasteiger partial charge in [-0.1, -0.05) is 18.9 Å². The molecule has 1 heterocycles. The number of hydrogen-bond acceptors (Lipinski definition) is 2. The van der Waals surface area contributed by atoms with Crippen LogP contribution in [-0.4, -0.2) is 16.0 Å². The summed E-state index contributed by atoms with van der Waals surface area (Å²) in [6.45, 7) is 0. The number of carbonyl (C=O) groups is 1. The number of nitrogens with zero attached hydrogens (tertiary/aromatic N) is 1. The third kappa shape index (κ3) is 1.67. The average molecular weight is 357 g/mol. The van der Waals surface area contributed by atoms with E-state index in [4.69, 9.17) is 0 Å². The number of aromatic nitrogens is 2. The number of halogens is 1. The number of aromatic amines is 1. The number of rotatable bonds is 2. The van der Waals surface area contributed by atoms with Crippen LogP contribution >= 0.6 is 15.9 Å². The Hall–Kier alpha value is -1.42. The van der Waals surface area contributed by atoms with Crippen LogP contribution in [0.1, 0.15) is 43.2 Å². The minimum Gasteiger partial charge on any atom is -0.294 e. The van der Waals surface area contributed by atoms with Crippen LogP contribution < -0.4 is 0 Å². The predicted molar refractivity (Wildman–Crippen MR) is 89.7 cm³/mol. The number of Topliss-reactive ketones (excluding diaryl/α,β-unsaturated/α-hetero) is 1. The Morgan fingerprint density at radius 2 is 2.23 bits per heavy atom. The first-order valence-corrected chi connectivity index (χ1v) is 8.86. The molecule has 0 spiro atoms. The quantitative estimate of drug-likeness (QED) is 0.867. The second-order valence-corrected chi connectivity index (χ2v) is 7.93. The lowest BCUT2D eigenvalue weighted by molar-refractivity contribution is -0.115. The molecule has 1 N–H and O–H groups in total. The van der Waals surface area contributed by atoms with E-state index in [-0.39, 0.29) is 11.2 Å². The minimum atomic E-state index is 0.168. The maximum atomic E-state index is 12.3. The van der Waals surface area contributed by atoms with Crippen molar-refractivity contribution in [1.82, 2.24) is 10.2 Å². The molecule has 1 aromatic carbocycles. The first-order chi connectivity index (χ1) is 10.7. The van der Waals surface area contributed by atoms with Crippen LogP contribution in [0.4, 0.5) is 0 Å². The molecule has 0 radical (unpaired) electrons. The summed E-state index contributed by atoms with van der Waals surface area (Å²) in [4.78, 5) is 12.3. The first-order valence-electron chi connectivity index (χ1n) is 8.07. The normalized spacial score (nSPS) is 27.4. The fourth-order valence-electron chi connectivity index (χ4n) is 4.53. The number of hydrogen-bond donors (Lipinski definition) is 1. The van der Waals surface area contributed by atoms with Gasteiger partial charge in [-0.25, -0.2) is 0 Å². The maximum absolute atomic E-state index is 12.3. The molecule has 0 saturated heterocycles. The second kappa shape index (κ2) is 4.31. The zero-order valence-corrected chi connectivity index (χ0v) is 13.9. The number of benzene rings is 1. The van der Waals surface area contributed by atoms with Crippen molar-refractivity contribution in [2.75, 3.05) is 0 Å². The molecule has 3 nitrogen and oxygen atoms in total. The lowest BCUT2D eigenvalue weighted by Gasteiger charge is -2.35. The van der Waals surface area contributed by atoms with Crippen LogP contribution in [0, 0.1) is 11.3 Å². The van der Waals surface area contributed by atoms with E-state index in [1.54, 1.807) is 0 Å². The fourth-order valence-corrected chi connectivity index (χ4v) is 5.36. The molecule has 112 valence electrons. The van der Waals surface area contributed by atoms with Gasteiger partial charge in [0, 0.05) is 17.2 Å².